The van der Waals surface area contributed by atoms with E-state index in [1.165, 1.54) is 12.1 Å². The summed E-state index contributed by atoms with van der Waals surface area (Å²) in [5.74, 6) is 5.59. The van der Waals surface area contributed by atoms with Gasteiger partial charge in [-0.15, -0.1) is 0 Å². The summed E-state index contributed by atoms with van der Waals surface area (Å²) in [5, 5.41) is 22.4. The Labute approximate surface area is 91.6 Å². The van der Waals surface area contributed by atoms with Gasteiger partial charge in [-0.2, -0.15) is 0 Å². The summed E-state index contributed by atoms with van der Waals surface area (Å²) in [4.78, 5) is 14.0. The second kappa shape index (κ2) is 5.24. The van der Waals surface area contributed by atoms with Crippen LogP contribution >= 0.6 is 0 Å². The largest absolute Gasteiger partial charge is 0.392 e. The van der Waals surface area contributed by atoms with Crippen molar-refractivity contribution >= 4 is 17.3 Å². The van der Waals surface area contributed by atoms with Crippen LogP contribution in [0.1, 0.15) is 6.92 Å². The van der Waals surface area contributed by atoms with Gasteiger partial charge in [-0.25, -0.2) is 10.8 Å². The Morgan fingerprint density at radius 3 is 2.75 bits per heavy atom. The molecule has 0 saturated carbocycles. The van der Waals surface area contributed by atoms with Crippen LogP contribution in [0.25, 0.3) is 0 Å². The lowest BCUT2D eigenvalue weighted by Gasteiger charge is -2.08. The molecule has 0 spiro atoms. The molecule has 1 aromatic rings. The van der Waals surface area contributed by atoms with E-state index in [-0.39, 0.29) is 23.9 Å². The first kappa shape index (κ1) is 12.1. The predicted octanol–water partition coefficient (Wildman–Crippen LogP) is 0.0681. The number of aliphatic hydroxyl groups excluding tert-OH is 1. The van der Waals surface area contributed by atoms with Crippen molar-refractivity contribution in [3.05, 3.63) is 22.2 Å². The Hall–Kier alpha value is -1.93. The molecule has 0 saturated heterocycles. The number of nitro groups is 1. The normalized spacial score (nSPS) is 11.9. The molecule has 0 aliphatic rings. The molecule has 0 amide bonds. The van der Waals surface area contributed by atoms with Gasteiger partial charge in [0.15, 0.2) is 0 Å². The monoisotopic (exact) mass is 227 g/mol. The van der Waals surface area contributed by atoms with Crippen molar-refractivity contribution in [1.82, 2.24) is 4.98 Å². The number of nitrogens with zero attached hydrogens (tertiary/aromatic N) is 2. The molecule has 1 rings (SSSR count). The van der Waals surface area contributed by atoms with Crippen molar-refractivity contribution in [2.24, 2.45) is 5.84 Å². The highest BCUT2D eigenvalue weighted by Crippen LogP contribution is 2.19. The first-order valence-corrected chi connectivity index (χ1v) is 4.58. The Kier molecular flexibility index (Phi) is 3.97. The van der Waals surface area contributed by atoms with Crippen molar-refractivity contribution < 1.29 is 10.0 Å². The average molecular weight is 227 g/mol. The second-order valence-electron chi connectivity index (χ2n) is 3.23. The van der Waals surface area contributed by atoms with E-state index in [0.717, 1.165) is 0 Å². The highest BCUT2D eigenvalue weighted by atomic mass is 16.6. The maximum atomic E-state index is 10.6. The highest BCUT2D eigenvalue weighted by Gasteiger charge is 2.10. The number of hydrazine groups is 1. The minimum atomic E-state index is -0.574. The number of anilines is 2. The highest BCUT2D eigenvalue weighted by molar-refractivity contribution is 5.54. The second-order valence-corrected chi connectivity index (χ2v) is 3.23. The maximum absolute atomic E-state index is 10.6. The molecular formula is C8H13N5O3. The summed E-state index contributed by atoms with van der Waals surface area (Å²) in [6.45, 7) is 1.84. The van der Waals surface area contributed by atoms with Gasteiger partial charge in [0.1, 0.15) is 11.6 Å². The first-order valence-electron chi connectivity index (χ1n) is 4.58. The van der Waals surface area contributed by atoms with Gasteiger partial charge in [-0.1, -0.05) is 0 Å². The third kappa shape index (κ3) is 3.33. The summed E-state index contributed by atoms with van der Waals surface area (Å²) in [6.07, 6.45) is -0.574. The third-order valence-corrected chi connectivity index (χ3v) is 1.75. The van der Waals surface area contributed by atoms with Crippen LogP contribution in [0.5, 0.6) is 0 Å². The summed E-state index contributed by atoms with van der Waals surface area (Å²) < 4.78 is 0. The molecule has 8 heteroatoms. The average Bonchev–Trinajstić information content (AvgIpc) is 2.25. The van der Waals surface area contributed by atoms with Gasteiger partial charge in [0.05, 0.1) is 23.2 Å². The van der Waals surface area contributed by atoms with Crippen LogP contribution in [0, 0.1) is 10.1 Å². The number of pyridine rings is 1. The molecule has 1 unspecified atom stereocenters. The SMILES string of the molecule is CC(O)CNc1cc([N+](=O)[O-])cc(NN)n1. The molecule has 8 nitrogen and oxygen atoms in total. The maximum Gasteiger partial charge on any atom is 0.276 e. The number of hydrogen-bond acceptors (Lipinski definition) is 7. The topological polar surface area (TPSA) is 126 Å². The number of hydrogen-bond donors (Lipinski definition) is 4. The van der Waals surface area contributed by atoms with Crippen molar-refractivity contribution in [3.8, 4) is 0 Å². The van der Waals surface area contributed by atoms with E-state index in [0.29, 0.717) is 0 Å². The van der Waals surface area contributed by atoms with E-state index < -0.39 is 11.0 Å². The van der Waals surface area contributed by atoms with E-state index in [2.05, 4.69) is 15.7 Å². The van der Waals surface area contributed by atoms with Gasteiger partial charge in [0.2, 0.25) is 0 Å². The molecule has 0 aliphatic heterocycles. The van der Waals surface area contributed by atoms with E-state index >= 15 is 0 Å². The zero-order chi connectivity index (χ0) is 12.1. The quantitative estimate of drug-likeness (QED) is 0.318. The van der Waals surface area contributed by atoms with E-state index in [4.69, 9.17) is 10.9 Å². The Bertz CT molecular complexity index is 382. The van der Waals surface area contributed by atoms with Crippen molar-refractivity contribution in [2.75, 3.05) is 17.3 Å². The molecular weight excluding hydrogens is 214 g/mol. The van der Waals surface area contributed by atoms with Crippen molar-refractivity contribution in [3.63, 3.8) is 0 Å². The summed E-state index contributed by atoms with van der Waals surface area (Å²) in [7, 11) is 0. The van der Waals surface area contributed by atoms with Crippen molar-refractivity contribution in [2.45, 2.75) is 13.0 Å². The minimum absolute atomic E-state index is 0.129. The van der Waals surface area contributed by atoms with Crippen molar-refractivity contribution in [1.29, 1.82) is 0 Å². The van der Waals surface area contributed by atoms with E-state index in [1.807, 2.05) is 0 Å². The molecule has 0 bridgehead atoms. The molecule has 88 valence electrons. The Morgan fingerprint density at radius 1 is 1.62 bits per heavy atom. The number of aliphatic hydroxyl groups is 1. The van der Waals surface area contributed by atoms with Gasteiger partial charge in [-0.3, -0.25) is 10.1 Å². The van der Waals surface area contributed by atoms with Crippen LogP contribution in [-0.4, -0.2) is 27.7 Å². The van der Waals surface area contributed by atoms with Crippen LogP contribution in [0.15, 0.2) is 12.1 Å². The number of aromatic nitrogens is 1. The van der Waals surface area contributed by atoms with Gasteiger partial charge in [-0.05, 0) is 6.92 Å². The molecule has 0 aromatic carbocycles. The number of nitrogen functional groups attached to an aromatic ring is 1. The third-order valence-electron chi connectivity index (χ3n) is 1.75. The number of rotatable bonds is 5. The summed E-state index contributed by atoms with van der Waals surface area (Å²) >= 11 is 0. The lowest BCUT2D eigenvalue weighted by atomic mass is 10.3. The molecule has 5 N–H and O–H groups in total. The van der Waals surface area contributed by atoms with Gasteiger partial charge < -0.3 is 15.8 Å². The molecule has 0 fully saturated rings. The fourth-order valence-corrected chi connectivity index (χ4v) is 1.04. The summed E-state index contributed by atoms with van der Waals surface area (Å²) in [6, 6.07) is 2.48. The molecule has 0 radical (unpaired) electrons. The zero-order valence-electron chi connectivity index (χ0n) is 8.67. The van der Waals surface area contributed by atoms with Gasteiger partial charge in [0, 0.05) is 6.54 Å². The molecule has 16 heavy (non-hydrogen) atoms. The standard InChI is InChI=1S/C8H13N5O3/c1-5(14)4-10-7-2-6(13(15)16)3-8(11-7)12-9/h2-3,5,14H,4,9H2,1H3,(H2,10,11,12). The first-order chi connectivity index (χ1) is 7.52. The smallest absolute Gasteiger partial charge is 0.276 e. The van der Waals surface area contributed by atoms with Crippen LogP contribution in [0.2, 0.25) is 0 Å². The summed E-state index contributed by atoms with van der Waals surface area (Å²) in [5.41, 5.74) is 2.10. The molecule has 1 aromatic heterocycles. The minimum Gasteiger partial charge on any atom is -0.392 e. The lowest BCUT2D eigenvalue weighted by molar-refractivity contribution is -0.384. The molecule has 0 aliphatic carbocycles. The van der Waals surface area contributed by atoms with Crippen LogP contribution in [0.3, 0.4) is 0 Å². The predicted molar refractivity (Wildman–Crippen MR) is 58.9 cm³/mol. The van der Waals surface area contributed by atoms with Gasteiger partial charge in [0.25, 0.3) is 5.69 Å². The zero-order valence-corrected chi connectivity index (χ0v) is 8.67. The Balaban J connectivity index is 2.90. The number of nitrogens with one attached hydrogen (secondary N) is 2. The molecule has 1 heterocycles. The fourth-order valence-electron chi connectivity index (χ4n) is 1.04. The van der Waals surface area contributed by atoms with E-state index in [1.54, 1.807) is 6.92 Å². The van der Waals surface area contributed by atoms with Crippen LogP contribution in [-0.2, 0) is 0 Å². The fraction of sp³-hybridized carbons (Fsp3) is 0.375. The number of nitrogens with two attached hydrogens (primary N) is 1. The molecule has 1 atom stereocenters. The van der Waals surface area contributed by atoms with Crippen LogP contribution < -0.4 is 16.6 Å². The van der Waals surface area contributed by atoms with Crippen LogP contribution in [0.4, 0.5) is 17.3 Å². The van der Waals surface area contributed by atoms with Gasteiger partial charge >= 0.3 is 0 Å². The lowest BCUT2D eigenvalue weighted by Crippen LogP contribution is -2.17. The van der Waals surface area contributed by atoms with E-state index in [9.17, 15) is 10.1 Å². The Morgan fingerprint density at radius 2 is 2.25 bits per heavy atom.